The molecular weight excluding hydrogens is 240 g/mol. The van der Waals surface area contributed by atoms with E-state index in [1.807, 2.05) is 0 Å². The normalized spacial score (nSPS) is 10.6. The van der Waals surface area contributed by atoms with Gasteiger partial charge in [-0.25, -0.2) is 13.6 Å². The number of aromatic carboxylic acids is 1. The number of halogens is 2. The molecule has 0 radical (unpaired) electrons. The molecule has 1 heterocycles. The smallest absolute Gasteiger partial charge is 0.337 e. The highest BCUT2D eigenvalue weighted by Gasteiger charge is 2.14. The van der Waals surface area contributed by atoms with Gasteiger partial charge in [0.15, 0.2) is 0 Å². The first-order chi connectivity index (χ1) is 8.50. The van der Waals surface area contributed by atoms with Crippen LogP contribution in [-0.2, 0) is 6.54 Å². The van der Waals surface area contributed by atoms with E-state index in [9.17, 15) is 13.6 Å². The van der Waals surface area contributed by atoms with Gasteiger partial charge in [-0.1, -0.05) is 6.07 Å². The highest BCUT2D eigenvalue weighted by molar-refractivity contribution is 5.88. The maximum Gasteiger partial charge on any atom is 0.337 e. The highest BCUT2D eigenvalue weighted by atomic mass is 19.1. The van der Waals surface area contributed by atoms with Crippen LogP contribution in [0.4, 0.5) is 8.78 Å². The number of carboxylic acids is 1. The fraction of sp³-hybridized carbons (Fsp3) is 0.154. The summed E-state index contributed by atoms with van der Waals surface area (Å²) in [6, 6.07) is 5.06. The number of nitrogens with zero attached hydrogens (tertiary/aromatic N) is 1. The van der Waals surface area contributed by atoms with Crippen molar-refractivity contribution >= 4 is 5.97 Å². The van der Waals surface area contributed by atoms with E-state index >= 15 is 0 Å². The van der Waals surface area contributed by atoms with Crippen LogP contribution in [0.3, 0.4) is 0 Å². The van der Waals surface area contributed by atoms with Gasteiger partial charge >= 0.3 is 5.97 Å². The Balaban J connectivity index is 2.38. The molecule has 1 aromatic carbocycles. The third-order valence-electron chi connectivity index (χ3n) is 2.86. The molecule has 3 nitrogen and oxygen atoms in total. The van der Waals surface area contributed by atoms with Gasteiger partial charge < -0.3 is 9.67 Å². The predicted octanol–water partition coefficient (Wildman–Crippen LogP) is 2.82. The summed E-state index contributed by atoms with van der Waals surface area (Å²) in [7, 11) is 0. The van der Waals surface area contributed by atoms with Gasteiger partial charge in [0, 0.05) is 17.5 Å². The van der Waals surface area contributed by atoms with E-state index < -0.39 is 17.6 Å². The Morgan fingerprint density at radius 2 is 1.89 bits per heavy atom. The minimum Gasteiger partial charge on any atom is -0.478 e. The van der Waals surface area contributed by atoms with E-state index in [0.717, 1.165) is 0 Å². The number of hydrogen-bond acceptors (Lipinski definition) is 1. The van der Waals surface area contributed by atoms with E-state index in [1.54, 1.807) is 6.92 Å². The molecule has 0 aliphatic carbocycles. The first-order valence-electron chi connectivity index (χ1n) is 5.32. The van der Waals surface area contributed by atoms with Crippen molar-refractivity contribution in [3.63, 3.8) is 0 Å². The fourth-order valence-electron chi connectivity index (χ4n) is 1.80. The maximum absolute atomic E-state index is 13.5. The van der Waals surface area contributed by atoms with Crippen LogP contribution in [-0.4, -0.2) is 15.6 Å². The van der Waals surface area contributed by atoms with E-state index in [1.165, 1.54) is 35.0 Å². The van der Waals surface area contributed by atoms with Crippen LogP contribution in [0.5, 0.6) is 0 Å². The SMILES string of the molecule is Cc1c(C(=O)O)ccn1Cc1c(F)cccc1F. The maximum atomic E-state index is 13.5. The summed E-state index contributed by atoms with van der Waals surface area (Å²) in [5.74, 6) is -2.33. The Bertz CT molecular complexity index is 585. The molecule has 0 saturated heterocycles. The molecule has 5 heteroatoms. The van der Waals surface area contributed by atoms with Crippen molar-refractivity contribution in [3.05, 3.63) is 58.9 Å². The summed E-state index contributed by atoms with van der Waals surface area (Å²) in [5, 5.41) is 8.89. The van der Waals surface area contributed by atoms with Crippen molar-refractivity contribution in [1.29, 1.82) is 0 Å². The molecule has 1 aromatic heterocycles. The lowest BCUT2D eigenvalue weighted by Gasteiger charge is -2.08. The summed E-state index contributed by atoms with van der Waals surface area (Å²) < 4.78 is 28.4. The lowest BCUT2D eigenvalue weighted by atomic mass is 10.2. The second-order valence-electron chi connectivity index (χ2n) is 3.95. The molecule has 94 valence electrons. The van der Waals surface area contributed by atoms with Crippen molar-refractivity contribution in [2.45, 2.75) is 13.5 Å². The van der Waals surface area contributed by atoms with Crippen molar-refractivity contribution < 1.29 is 18.7 Å². The molecule has 0 unspecified atom stereocenters. The second kappa shape index (κ2) is 4.60. The van der Waals surface area contributed by atoms with E-state index in [0.29, 0.717) is 5.69 Å². The lowest BCUT2D eigenvalue weighted by molar-refractivity contribution is 0.0696. The molecule has 1 N–H and O–H groups in total. The van der Waals surface area contributed by atoms with E-state index in [-0.39, 0.29) is 17.7 Å². The zero-order chi connectivity index (χ0) is 13.3. The first kappa shape index (κ1) is 12.3. The third-order valence-corrected chi connectivity index (χ3v) is 2.86. The molecular formula is C13H11F2NO2. The monoisotopic (exact) mass is 251 g/mol. The van der Waals surface area contributed by atoms with Gasteiger partial charge in [-0.3, -0.25) is 0 Å². The number of hydrogen-bond donors (Lipinski definition) is 1. The van der Waals surface area contributed by atoms with Gasteiger partial charge in [0.2, 0.25) is 0 Å². The van der Waals surface area contributed by atoms with Crippen LogP contribution in [0.25, 0.3) is 0 Å². The molecule has 2 rings (SSSR count). The summed E-state index contributed by atoms with van der Waals surface area (Å²) in [6.45, 7) is 1.57. The molecule has 0 aliphatic heterocycles. The molecule has 0 spiro atoms. The summed E-state index contributed by atoms with van der Waals surface area (Å²) in [4.78, 5) is 10.9. The Morgan fingerprint density at radius 3 is 2.39 bits per heavy atom. The van der Waals surface area contributed by atoms with Crippen LogP contribution in [0.2, 0.25) is 0 Å². The van der Waals surface area contributed by atoms with Crippen LogP contribution in [0.15, 0.2) is 30.5 Å². The quantitative estimate of drug-likeness (QED) is 0.911. The van der Waals surface area contributed by atoms with E-state index in [4.69, 9.17) is 5.11 Å². The summed E-state index contributed by atoms with van der Waals surface area (Å²) in [6.07, 6.45) is 1.50. The lowest BCUT2D eigenvalue weighted by Crippen LogP contribution is -2.07. The Kier molecular flexibility index (Phi) is 3.14. The minimum absolute atomic E-state index is 0.0301. The fourth-order valence-corrected chi connectivity index (χ4v) is 1.80. The largest absolute Gasteiger partial charge is 0.478 e. The molecule has 2 aromatic rings. The third kappa shape index (κ3) is 2.11. The van der Waals surface area contributed by atoms with E-state index in [2.05, 4.69) is 0 Å². The molecule has 0 atom stereocenters. The molecule has 0 bridgehead atoms. The Labute approximate surface area is 102 Å². The Morgan fingerprint density at radius 1 is 1.28 bits per heavy atom. The summed E-state index contributed by atoms with van der Waals surface area (Å²) >= 11 is 0. The van der Waals surface area contributed by atoms with Crippen molar-refractivity contribution in [2.24, 2.45) is 0 Å². The average Bonchev–Trinajstić information content (AvgIpc) is 2.66. The van der Waals surface area contributed by atoms with Gasteiger partial charge in [-0.05, 0) is 25.1 Å². The van der Waals surface area contributed by atoms with Crippen LogP contribution < -0.4 is 0 Å². The molecule has 0 aliphatic rings. The first-order valence-corrected chi connectivity index (χ1v) is 5.32. The zero-order valence-electron chi connectivity index (χ0n) is 9.65. The van der Waals surface area contributed by atoms with Crippen LogP contribution >= 0.6 is 0 Å². The highest BCUT2D eigenvalue weighted by Crippen LogP contribution is 2.17. The number of carboxylic acid groups (broad SMARTS) is 1. The summed E-state index contributed by atoms with van der Waals surface area (Å²) in [5.41, 5.74) is 0.519. The number of benzene rings is 1. The van der Waals surface area contributed by atoms with Crippen molar-refractivity contribution in [3.8, 4) is 0 Å². The topological polar surface area (TPSA) is 42.2 Å². The van der Waals surface area contributed by atoms with Gasteiger partial charge in [0.1, 0.15) is 11.6 Å². The number of aromatic nitrogens is 1. The van der Waals surface area contributed by atoms with Crippen LogP contribution in [0, 0.1) is 18.6 Å². The molecule has 18 heavy (non-hydrogen) atoms. The second-order valence-corrected chi connectivity index (χ2v) is 3.95. The number of carbonyl (C=O) groups is 1. The van der Waals surface area contributed by atoms with Gasteiger partial charge in [0.05, 0.1) is 12.1 Å². The molecule has 0 amide bonds. The van der Waals surface area contributed by atoms with Gasteiger partial charge in [-0.2, -0.15) is 0 Å². The van der Waals surface area contributed by atoms with Crippen molar-refractivity contribution in [1.82, 2.24) is 4.57 Å². The standard InChI is InChI=1S/C13H11F2NO2/c1-8-9(13(17)18)5-6-16(8)7-10-11(14)3-2-4-12(10)15/h2-6H,7H2,1H3,(H,17,18). The minimum atomic E-state index is -1.06. The van der Waals surface area contributed by atoms with Crippen LogP contribution in [0.1, 0.15) is 21.6 Å². The van der Waals surface area contributed by atoms with Crippen molar-refractivity contribution in [2.75, 3.05) is 0 Å². The van der Waals surface area contributed by atoms with Gasteiger partial charge in [0.25, 0.3) is 0 Å². The average molecular weight is 251 g/mol. The molecule has 0 saturated carbocycles. The van der Waals surface area contributed by atoms with Gasteiger partial charge in [-0.15, -0.1) is 0 Å². The zero-order valence-corrected chi connectivity index (χ0v) is 9.65. The Hall–Kier alpha value is -2.17. The molecule has 0 fully saturated rings. The predicted molar refractivity (Wildman–Crippen MR) is 61.6 cm³/mol. The number of rotatable bonds is 3.